The number of carbonyl (C=O) groups is 1. The SMILES string of the molecule is CCOC(=O)c1ccc(OCCCN2CCNCC2)c(F)c1. The van der Waals surface area contributed by atoms with Crippen LogP contribution in [0.5, 0.6) is 5.75 Å². The molecule has 2 rings (SSSR count). The Morgan fingerprint density at radius 3 is 2.82 bits per heavy atom. The summed E-state index contributed by atoms with van der Waals surface area (Å²) in [6.07, 6.45) is 0.846. The lowest BCUT2D eigenvalue weighted by atomic mass is 10.2. The van der Waals surface area contributed by atoms with Crippen molar-refractivity contribution < 1.29 is 18.7 Å². The first-order chi connectivity index (χ1) is 10.7. The van der Waals surface area contributed by atoms with Crippen LogP contribution in [0.15, 0.2) is 18.2 Å². The Morgan fingerprint density at radius 1 is 1.36 bits per heavy atom. The van der Waals surface area contributed by atoms with Gasteiger partial charge < -0.3 is 19.7 Å². The zero-order valence-electron chi connectivity index (χ0n) is 12.9. The van der Waals surface area contributed by atoms with E-state index in [1.165, 1.54) is 12.1 Å². The minimum absolute atomic E-state index is 0.174. The van der Waals surface area contributed by atoms with E-state index in [4.69, 9.17) is 9.47 Å². The van der Waals surface area contributed by atoms with Crippen LogP contribution in [0.25, 0.3) is 0 Å². The van der Waals surface area contributed by atoms with E-state index in [1.54, 1.807) is 6.92 Å². The third kappa shape index (κ3) is 4.96. The fourth-order valence-electron chi connectivity index (χ4n) is 2.36. The summed E-state index contributed by atoms with van der Waals surface area (Å²) < 4.78 is 24.2. The lowest BCUT2D eigenvalue weighted by molar-refractivity contribution is 0.0525. The van der Waals surface area contributed by atoms with Crippen LogP contribution in [-0.2, 0) is 4.74 Å². The summed E-state index contributed by atoms with van der Waals surface area (Å²) in [6.45, 7) is 7.51. The van der Waals surface area contributed by atoms with Gasteiger partial charge in [0.1, 0.15) is 0 Å². The van der Waals surface area contributed by atoms with Crippen molar-refractivity contribution in [2.75, 3.05) is 45.9 Å². The predicted octanol–water partition coefficient (Wildman–Crippen LogP) is 1.68. The van der Waals surface area contributed by atoms with Gasteiger partial charge in [0.2, 0.25) is 0 Å². The van der Waals surface area contributed by atoms with E-state index in [0.29, 0.717) is 6.61 Å². The number of benzene rings is 1. The number of hydrogen-bond acceptors (Lipinski definition) is 5. The number of piperazine rings is 1. The monoisotopic (exact) mass is 310 g/mol. The molecule has 0 saturated carbocycles. The number of rotatable bonds is 7. The van der Waals surface area contributed by atoms with E-state index in [2.05, 4.69) is 10.2 Å². The molecule has 1 heterocycles. The highest BCUT2D eigenvalue weighted by molar-refractivity contribution is 5.89. The largest absolute Gasteiger partial charge is 0.490 e. The van der Waals surface area contributed by atoms with Gasteiger partial charge in [0, 0.05) is 32.7 Å². The van der Waals surface area contributed by atoms with E-state index < -0.39 is 11.8 Å². The molecule has 0 aromatic heterocycles. The average Bonchev–Trinajstić information content (AvgIpc) is 2.54. The first-order valence-corrected chi connectivity index (χ1v) is 7.73. The van der Waals surface area contributed by atoms with Crippen LogP contribution in [0.3, 0.4) is 0 Å². The lowest BCUT2D eigenvalue weighted by Gasteiger charge is -2.26. The molecule has 22 heavy (non-hydrogen) atoms. The third-order valence-corrected chi connectivity index (χ3v) is 3.53. The molecule has 1 aliphatic heterocycles. The van der Waals surface area contributed by atoms with E-state index in [1.807, 2.05) is 0 Å². The lowest BCUT2D eigenvalue weighted by Crippen LogP contribution is -2.43. The highest BCUT2D eigenvalue weighted by Crippen LogP contribution is 2.19. The zero-order valence-corrected chi connectivity index (χ0v) is 12.9. The predicted molar refractivity (Wildman–Crippen MR) is 81.8 cm³/mol. The molecule has 0 aliphatic carbocycles. The Bertz CT molecular complexity index is 490. The third-order valence-electron chi connectivity index (χ3n) is 3.53. The number of esters is 1. The molecule has 1 fully saturated rings. The van der Waals surface area contributed by atoms with Crippen molar-refractivity contribution in [1.82, 2.24) is 10.2 Å². The van der Waals surface area contributed by atoms with Crippen molar-refractivity contribution in [3.63, 3.8) is 0 Å². The Morgan fingerprint density at radius 2 is 2.14 bits per heavy atom. The summed E-state index contributed by atoms with van der Waals surface area (Å²) in [4.78, 5) is 13.9. The summed E-state index contributed by atoms with van der Waals surface area (Å²) in [5.74, 6) is -0.882. The standard InChI is InChI=1S/C16H23FN2O3/c1-2-21-16(20)13-4-5-15(14(17)12-13)22-11-3-8-19-9-6-18-7-10-19/h4-5,12,18H,2-3,6-11H2,1H3. The fraction of sp³-hybridized carbons (Fsp3) is 0.562. The molecule has 0 bridgehead atoms. The smallest absolute Gasteiger partial charge is 0.338 e. The average molecular weight is 310 g/mol. The molecule has 0 spiro atoms. The molecule has 0 radical (unpaired) electrons. The second kappa shape index (κ2) is 8.70. The number of ether oxygens (including phenoxy) is 2. The van der Waals surface area contributed by atoms with Gasteiger partial charge in [-0.2, -0.15) is 0 Å². The van der Waals surface area contributed by atoms with Gasteiger partial charge in [0.15, 0.2) is 11.6 Å². The van der Waals surface area contributed by atoms with Crippen molar-refractivity contribution in [1.29, 1.82) is 0 Å². The van der Waals surface area contributed by atoms with Crippen molar-refractivity contribution in [3.05, 3.63) is 29.6 Å². The molecule has 0 atom stereocenters. The van der Waals surface area contributed by atoms with E-state index in [9.17, 15) is 9.18 Å². The molecule has 0 unspecified atom stereocenters. The first-order valence-electron chi connectivity index (χ1n) is 7.73. The quantitative estimate of drug-likeness (QED) is 0.613. The van der Waals surface area contributed by atoms with Gasteiger partial charge in [-0.1, -0.05) is 0 Å². The summed E-state index contributed by atoms with van der Waals surface area (Å²) in [6, 6.07) is 4.16. The van der Waals surface area contributed by atoms with Crippen molar-refractivity contribution in [3.8, 4) is 5.75 Å². The van der Waals surface area contributed by atoms with Gasteiger partial charge in [-0.25, -0.2) is 9.18 Å². The van der Waals surface area contributed by atoms with Gasteiger partial charge in [0.25, 0.3) is 0 Å². The maximum atomic E-state index is 13.9. The number of nitrogens with zero attached hydrogens (tertiary/aromatic N) is 1. The number of nitrogens with one attached hydrogen (secondary N) is 1. The molecule has 5 nitrogen and oxygen atoms in total. The topological polar surface area (TPSA) is 50.8 Å². The Labute approximate surface area is 130 Å². The summed E-state index contributed by atoms with van der Waals surface area (Å²) >= 11 is 0. The van der Waals surface area contributed by atoms with Crippen molar-refractivity contribution in [2.45, 2.75) is 13.3 Å². The van der Waals surface area contributed by atoms with Crippen LogP contribution in [-0.4, -0.2) is 56.8 Å². The highest BCUT2D eigenvalue weighted by atomic mass is 19.1. The van der Waals surface area contributed by atoms with Crippen LogP contribution < -0.4 is 10.1 Å². The van der Waals surface area contributed by atoms with Gasteiger partial charge in [-0.05, 0) is 31.5 Å². The molecule has 122 valence electrons. The summed E-state index contributed by atoms with van der Waals surface area (Å²) in [7, 11) is 0. The van der Waals surface area contributed by atoms with E-state index >= 15 is 0 Å². The summed E-state index contributed by atoms with van der Waals surface area (Å²) in [5, 5.41) is 3.30. The molecule has 1 aromatic carbocycles. The Kier molecular flexibility index (Phi) is 6.61. The molecule has 1 aliphatic rings. The maximum Gasteiger partial charge on any atom is 0.338 e. The van der Waals surface area contributed by atoms with Crippen LogP contribution in [0.2, 0.25) is 0 Å². The summed E-state index contributed by atoms with van der Waals surface area (Å²) in [5.41, 5.74) is 0.201. The number of carbonyl (C=O) groups excluding carboxylic acids is 1. The number of hydrogen-bond donors (Lipinski definition) is 1. The molecule has 6 heteroatoms. The molecular formula is C16H23FN2O3. The molecule has 1 saturated heterocycles. The first kappa shape index (κ1) is 16.7. The number of halogens is 1. The minimum atomic E-state index is -0.535. The normalized spacial score (nSPS) is 15.5. The van der Waals surface area contributed by atoms with Gasteiger partial charge >= 0.3 is 5.97 Å². The van der Waals surface area contributed by atoms with Gasteiger partial charge in [0.05, 0.1) is 18.8 Å². The fourth-order valence-corrected chi connectivity index (χ4v) is 2.36. The van der Waals surface area contributed by atoms with Crippen LogP contribution in [0, 0.1) is 5.82 Å². The van der Waals surface area contributed by atoms with Gasteiger partial charge in [-0.15, -0.1) is 0 Å². The van der Waals surface area contributed by atoms with Crippen LogP contribution >= 0.6 is 0 Å². The van der Waals surface area contributed by atoms with Crippen LogP contribution in [0.1, 0.15) is 23.7 Å². The highest BCUT2D eigenvalue weighted by Gasteiger charge is 2.12. The Balaban J connectivity index is 1.76. The van der Waals surface area contributed by atoms with Crippen LogP contribution in [0.4, 0.5) is 4.39 Å². The molecular weight excluding hydrogens is 287 g/mol. The Hall–Kier alpha value is -1.66. The second-order valence-corrected chi connectivity index (χ2v) is 5.16. The second-order valence-electron chi connectivity index (χ2n) is 5.16. The molecule has 1 N–H and O–H groups in total. The van der Waals surface area contributed by atoms with E-state index in [0.717, 1.165) is 45.2 Å². The van der Waals surface area contributed by atoms with E-state index in [-0.39, 0.29) is 17.9 Å². The van der Waals surface area contributed by atoms with Gasteiger partial charge in [-0.3, -0.25) is 0 Å². The molecule has 0 amide bonds. The molecule has 1 aromatic rings. The maximum absolute atomic E-state index is 13.9. The van der Waals surface area contributed by atoms with Crippen molar-refractivity contribution in [2.24, 2.45) is 0 Å². The minimum Gasteiger partial charge on any atom is -0.490 e. The van der Waals surface area contributed by atoms with Crippen molar-refractivity contribution >= 4 is 5.97 Å². The zero-order chi connectivity index (χ0) is 15.8.